The summed E-state index contributed by atoms with van der Waals surface area (Å²) in [5.41, 5.74) is 2.12. The smallest absolute Gasteiger partial charge is 0.159 e. The molecule has 0 aliphatic carbocycles. The zero-order chi connectivity index (χ0) is 24.4. The first-order valence-corrected chi connectivity index (χ1v) is 13.4. The van der Waals surface area contributed by atoms with Crippen LogP contribution in [0.15, 0.2) is 36.7 Å². The van der Waals surface area contributed by atoms with E-state index in [1.165, 1.54) is 63.4 Å². The van der Waals surface area contributed by atoms with E-state index in [4.69, 9.17) is 4.74 Å². The van der Waals surface area contributed by atoms with Crippen LogP contribution in [0.5, 0.6) is 5.75 Å². The van der Waals surface area contributed by atoms with Crippen molar-refractivity contribution in [1.29, 1.82) is 0 Å². The van der Waals surface area contributed by atoms with Crippen LogP contribution in [-0.4, -0.2) is 28.9 Å². The Kier molecular flexibility index (Phi) is 14.4. The first kappa shape index (κ1) is 28.2. The highest BCUT2D eigenvalue weighted by Crippen LogP contribution is 2.21. The molecule has 190 valence electrons. The van der Waals surface area contributed by atoms with Gasteiger partial charge < -0.3 is 4.74 Å². The molecule has 0 N–H and O–H groups in total. The van der Waals surface area contributed by atoms with Gasteiger partial charge in [-0.15, -0.1) is 0 Å². The van der Waals surface area contributed by atoms with E-state index in [0.717, 1.165) is 12.0 Å². The van der Waals surface area contributed by atoms with Crippen molar-refractivity contribution < 1.29 is 13.5 Å². The Labute approximate surface area is 205 Å². The molecule has 1 aromatic carbocycles. The lowest BCUT2D eigenvalue weighted by atomic mass is 10.1. The van der Waals surface area contributed by atoms with Gasteiger partial charge in [-0.05, 0) is 61.9 Å². The van der Waals surface area contributed by atoms with Crippen LogP contribution in [-0.2, 0) is 6.42 Å². The first-order valence-electron chi connectivity index (χ1n) is 13.4. The third-order valence-corrected chi connectivity index (χ3v) is 6.32. The predicted octanol–water partition coefficient (Wildman–Crippen LogP) is 8.85. The fraction of sp³-hybridized carbons (Fsp3) is 0.655. The minimum atomic E-state index is -1.02. The lowest BCUT2D eigenvalue weighted by Crippen LogP contribution is -2.10. The molecule has 2 unspecified atom stereocenters. The van der Waals surface area contributed by atoms with Crippen molar-refractivity contribution >= 4 is 0 Å². The molecule has 0 bridgehead atoms. The highest BCUT2D eigenvalue weighted by atomic mass is 19.1. The van der Waals surface area contributed by atoms with Crippen LogP contribution in [0.1, 0.15) is 103 Å². The largest absolute Gasteiger partial charge is 0.493 e. The summed E-state index contributed by atoms with van der Waals surface area (Å²) < 4.78 is 32.7. The van der Waals surface area contributed by atoms with E-state index in [0.29, 0.717) is 18.0 Å². The summed E-state index contributed by atoms with van der Waals surface area (Å²) in [5, 5.41) is 0. The fourth-order valence-corrected chi connectivity index (χ4v) is 3.99. The van der Waals surface area contributed by atoms with Gasteiger partial charge in [-0.3, -0.25) is 0 Å². The van der Waals surface area contributed by atoms with E-state index >= 15 is 0 Å². The van der Waals surface area contributed by atoms with Crippen molar-refractivity contribution in [3.8, 4) is 17.1 Å². The van der Waals surface area contributed by atoms with Gasteiger partial charge in [0, 0.05) is 24.4 Å². The molecule has 0 spiro atoms. The number of alkyl halides is 2. The van der Waals surface area contributed by atoms with Crippen molar-refractivity contribution in [3.63, 3.8) is 0 Å². The van der Waals surface area contributed by atoms with E-state index in [2.05, 4.69) is 16.9 Å². The zero-order valence-electron chi connectivity index (χ0n) is 21.3. The van der Waals surface area contributed by atoms with Gasteiger partial charge in [0.05, 0.1) is 12.8 Å². The summed E-state index contributed by atoms with van der Waals surface area (Å²) in [6.07, 6.45) is 16.2. The number of aryl methyl sites for hydroxylation is 1. The molecule has 0 radical (unpaired) electrons. The van der Waals surface area contributed by atoms with E-state index in [9.17, 15) is 8.78 Å². The van der Waals surface area contributed by atoms with Crippen molar-refractivity contribution in [2.24, 2.45) is 0 Å². The standard InChI is InChI=1S/C29H44F2N2O/c1-3-5-6-7-8-9-10-11-12-13-24-22-32-29(33-23-24)25-14-18-28(19-15-25)34-21-20-27(31)17-16-26(30)4-2/h14-15,18-19,22-23,26-27H,3-13,16-17,20-21H2,1-2H3. The molecule has 2 atom stereocenters. The molecular weight excluding hydrogens is 430 g/mol. The number of unbranched alkanes of at least 4 members (excludes halogenated alkanes) is 8. The molecule has 0 saturated heterocycles. The average molecular weight is 475 g/mol. The maximum absolute atomic E-state index is 13.8. The highest BCUT2D eigenvalue weighted by Gasteiger charge is 2.11. The van der Waals surface area contributed by atoms with Crippen molar-refractivity contribution in [3.05, 3.63) is 42.2 Å². The Hall–Kier alpha value is -2.04. The van der Waals surface area contributed by atoms with Crippen molar-refractivity contribution in [2.75, 3.05) is 6.61 Å². The summed E-state index contributed by atoms with van der Waals surface area (Å²) in [7, 11) is 0. The summed E-state index contributed by atoms with van der Waals surface area (Å²) >= 11 is 0. The molecule has 34 heavy (non-hydrogen) atoms. The predicted molar refractivity (Wildman–Crippen MR) is 138 cm³/mol. The average Bonchev–Trinajstić information content (AvgIpc) is 2.87. The van der Waals surface area contributed by atoms with Crippen LogP contribution in [0.3, 0.4) is 0 Å². The van der Waals surface area contributed by atoms with Crippen LogP contribution < -0.4 is 4.74 Å². The second-order valence-corrected chi connectivity index (χ2v) is 9.34. The van der Waals surface area contributed by atoms with E-state index < -0.39 is 12.3 Å². The monoisotopic (exact) mass is 474 g/mol. The molecule has 0 fully saturated rings. The SMILES string of the molecule is CCCCCCCCCCCc1cnc(-c2ccc(OCCC(F)CCC(F)CC)cc2)nc1. The number of hydrogen-bond acceptors (Lipinski definition) is 3. The van der Waals surface area contributed by atoms with Gasteiger partial charge >= 0.3 is 0 Å². The Morgan fingerprint density at radius 2 is 1.32 bits per heavy atom. The zero-order valence-corrected chi connectivity index (χ0v) is 21.3. The Balaban J connectivity index is 1.64. The van der Waals surface area contributed by atoms with Gasteiger partial charge in [-0.2, -0.15) is 0 Å². The molecule has 2 rings (SSSR count). The minimum Gasteiger partial charge on any atom is -0.493 e. The number of rotatable bonds is 19. The third-order valence-electron chi connectivity index (χ3n) is 6.32. The van der Waals surface area contributed by atoms with Crippen LogP contribution in [0.4, 0.5) is 8.78 Å². The van der Waals surface area contributed by atoms with Gasteiger partial charge in [0.25, 0.3) is 0 Å². The molecule has 3 nitrogen and oxygen atoms in total. The highest BCUT2D eigenvalue weighted by molar-refractivity contribution is 5.55. The first-order chi connectivity index (χ1) is 16.6. The maximum Gasteiger partial charge on any atom is 0.159 e. The van der Waals surface area contributed by atoms with E-state index in [-0.39, 0.29) is 25.9 Å². The van der Waals surface area contributed by atoms with Gasteiger partial charge in [0.1, 0.15) is 11.9 Å². The number of aromatic nitrogens is 2. The van der Waals surface area contributed by atoms with Crippen LogP contribution >= 0.6 is 0 Å². The number of hydrogen-bond donors (Lipinski definition) is 0. The molecule has 1 heterocycles. The van der Waals surface area contributed by atoms with Crippen LogP contribution in [0, 0.1) is 0 Å². The molecule has 0 saturated carbocycles. The molecular formula is C29H44F2N2O. The Morgan fingerprint density at radius 3 is 1.94 bits per heavy atom. The maximum atomic E-state index is 13.8. The molecule has 1 aromatic heterocycles. The second kappa shape index (κ2) is 17.4. The summed E-state index contributed by atoms with van der Waals surface area (Å²) in [5.74, 6) is 1.39. The topological polar surface area (TPSA) is 35.0 Å². The van der Waals surface area contributed by atoms with Crippen molar-refractivity contribution in [2.45, 2.75) is 116 Å². The number of ether oxygens (including phenoxy) is 1. The Morgan fingerprint density at radius 1 is 0.735 bits per heavy atom. The number of benzene rings is 1. The molecule has 0 aliphatic heterocycles. The fourth-order valence-electron chi connectivity index (χ4n) is 3.99. The lowest BCUT2D eigenvalue weighted by Gasteiger charge is -2.11. The summed E-state index contributed by atoms with van der Waals surface area (Å²) in [6.45, 7) is 4.33. The van der Waals surface area contributed by atoms with Gasteiger partial charge in [0.15, 0.2) is 5.82 Å². The number of nitrogens with zero attached hydrogens (tertiary/aromatic N) is 2. The molecule has 0 aliphatic rings. The van der Waals surface area contributed by atoms with Crippen molar-refractivity contribution in [1.82, 2.24) is 9.97 Å². The summed E-state index contributed by atoms with van der Waals surface area (Å²) in [4.78, 5) is 9.06. The third kappa shape index (κ3) is 11.9. The van der Waals surface area contributed by atoms with E-state index in [1.54, 1.807) is 6.92 Å². The van der Waals surface area contributed by atoms with Gasteiger partial charge in [-0.25, -0.2) is 18.7 Å². The molecule has 2 aromatic rings. The van der Waals surface area contributed by atoms with Crippen LogP contribution in [0.25, 0.3) is 11.4 Å². The molecule has 0 amide bonds. The minimum absolute atomic E-state index is 0.254. The van der Waals surface area contributed by atoms with Gasteiger partial charge in [0.2, 0.25) is 0 Å². The Bertz CT molecular complexity index is 752. The lowest BCUT2D eigenvalue weighted by molar-refractivity contribution is 0.202. The van der Waals surface area contributed by atoms with E-state index in [1.807, 2.05) is 36.7 Å². The summed E-state index contributed by atoms with van der Waals surface area (Å²) in [6, 6.07) is 7.56. The number of halogens is 2. The second-order valence-electron chi connectivity index (χ2n) is 9.34. The van der Waals surface area contributed by atoms with Gasteiger partial charge in [-0.1, -0.05) is 65.2 Å². The van der Waals surface area contributed by atoms with Crippen LogP contribution in [0.2, 0.25) is 0 Å². The normalized spacial score (nSPS) is 13.1. The quantitative estimate of drug-likeness (QED) is 0.191. The molecule has 5 heteroatoms.